The van der Waals surface area contributed by atoms with Crippen LogP contribution in [0.25, 0.3) is 33.6 Å². The predicted molar refractivity (Wildman–Crippen MR) is 154 cm³/mol. The number of ether oxygens (including phenoxy) is 2. The largest absolute Gasteiger partial charge is 0.456 e. The maximum Gasteiger partial charge on any atom is 0.261 e. The van der Waals surface area contributed by atoms with E-state index in [4.69, 9.17) is 13.9 Å². The zero-order valence-electron chi connectivity index (χ0n) is 23.7. The highest BCUT2D eigenvalue weighted by molar-refractivity contribution is 5.95. The number of pyridine rings is 1. The fraction of sp³-hybridized carbons (Fsp3) is 0.312. The molecule has 0 spiro atoms. The number of H-pyrrole nitrogens is 1. The number of rotatable bonds is 6. The van der Waals surface area contributed by atoms with Gasteiger partial charge in [-0.05, 0) is 81.1 Å². The first-order chi connectivity index (χ1) is 19.5. The molecular formula is C32H32FN3O5. The van der Waals surface area contributed by atoms with Crippen LogP contribution >= 0.6 is 0 Å². The summed E-state index contributed by atoms with van der Waals surface area (Å²) in [5, 5.41) is 11.2. The van der Waals surface area contributed by atoms with Crippen LogP contribution in [0.4, 0.5) is 4.39 Å². The van der Waals surface area contributed by atoms with Crippen molar-refractivity contribution in [3.05, 3.63) is 87.5 Å². The van der Waals surface area contributed by atoms with Gasteiger partial charge in [0.25, 0.3) is 5.56 Å². The van der Waals surface area contributed by atoms with Gasteiger partial charge in [0.15, 0.2) is 5.76 Å². The summed E-state index contributed by atoms with van der Waals surface area (Å²) in [4.78, 5) is 21.1. The minimum Gasteiger partial charge on any atom is -0.456 e. The molecule has 1 aliphatic rings. The van der Waals surface area contributed by atoms with Crippen LogP contribution in [-0.2, 0) is 17.4 Å². The summed E-state index contributed by atoms with van der Waals surface area (Å²) in [5.41, 5.74) is 2.86. The standard InChI is InChI=1S/C32H32FN3O5/c1-17-10-21(33)11-18(2)28(17)40-26-7-6-20(32(3,4)38)12-22(26)24-15-36(5)31(37)23-13-27(41-29(23)24)25-14-34-30(35-25)19-8-9-39-16-19/h6-7,10-15,19,38H,8-9,16H2,1-5H3,(H,34,35). The van der Waals surface area contributed by atoms with Crippen LogP contribution in [0.3, 0.4) is 0 Å². The molecular weight excluding hydrogens is 525 g/mol. The number of imidazole rings is 1. The average molecular weight is 558 g/mol. The molecule has 6 rings (SSSR count). The Labute approximate surface area is 236 Å². The molecule has 1 atom stereocenters. The minimum atomic E-state index is -1.14. The van der Waals surface area contributed by atoms with Gasteiger partial charge in [-0.25, -0.2) is 9.37 Å². The van der Waals surface area contributed by atoms with Crippen LogP contribution in [0.5, 0.6) is 11.5 Å². The lowest BCUT2D eigenvalue weighted by atomic mass is 9.93. The molecule has 0 amide bonds. The second-order valence-corrected chi connectivity index (χ2v) is 11.3. The Morgan fingerprint density at radius 2 is 1.90 bits per heavy atom. The van der Waals surface area contributed by atoms with E-state index in [-0.39, 0.29) is 17.3 Å². The third kappa shape index (κ3) is 4.96. The van der Waals surface area contributed by atoms with Crippen molar-refractivity contribution in [3.8, 4) is 34.1 Å². The normalized spacial score (nSPS) is 15.6. The fourth-order valence-electron chi connectivity index (χ4n) is 5.37. The van der Waals surface area contributed by atoms with Gasteiger partial charge in [0.2, 0.25) is 0 Å². The van der Waals surface area contributed by atoms with E-state index < -0.39 is 5.60 Å². The topological polar surface area (TPSA) is 103 Å². The molecule has 5 aromatic rings. The van der Waals surface area contributed by atoms with Crippen molar-refractivity contribution in [2.24, 2.45) is 7.05 Å². The van der Waals surface area contributed by atoms with E-state index in [1.165, 1.54) is 16.7 Å². The summed E-state index contributed by atoms with van der Waals surface area (Å²) < 4.78 is 33.8. The number of aromatic nitrogens is 3. The van der Waals surface area contributed by atoms with Crippen molar-refractivity contribution in [3.63, 3.8) is 0 Å². The molecule has 1 saturated heterocycles. The van der Waals surface area contributed by atoms with Gasteiger partial charge in [0.05, 0.1) is 23.8 Å². The number of fused-ring (bicyclic) bond motifs is 1. The summed E-state index contributed by atoms with van der Waals surface area (Å²) in [6.07, 6.45) is 4.30. The number of furan rings is 1. The van der Waals surface area contributed by atoms with E-state index in [0.29, 0.717) is 75.0 Å². The lowest BCUT2D eigenvalue weighted by Crippen LogP contribution is -2.17. The molecule has 4 heterocycles. The van der Waals surface area contributed by atoms with Gasteiger partial charge in [-0.2, -0.15) is 0 Å². The highest BCUT2D eigenvalue weighted by atomic mass is 19.1. The Balaban J connectivity index is 1.53. The molecule has 0 radical (unpaired) electrons. The number of nitrogens with zero attached hydrogens (tertiary/aromatic N) is 2. The van der Waals surface area contributed by atoms with Crippen molar-refractivity contribution in [2.45, 2.75) is 45.6 Å². The van der Waals surface area contributed by atoms with Crippen LogP contribution in [0, 0.1) is 19.7 Å². The van der Waals surface area contributed by atoms with E-state index in [0.717, 1.165) is 12.2 Å². The number of benzene rings is 2. The van der Waals surface area contributed by atoms with Crippen molar-refractivity contribution < 1.29 is 23.4 Å². The Bertz CT molecular complexity index is 1810. The predicted octanol–water partition coefficient (Wildman–Crippen LogP) is 6.47. The first-order valence-corrected chi connectivity index (χ1v) is 13.6. The molecule has 2 N–H and O–H groups in total. The summed E-state index contributed by atoms with van der Waals surface area (Å²) >= 11 is 0. The number of aromatic amines is 1. The van der Waals surface area contributed by atoms with Gasteiger partial charge in [-0.1, -0.05) is 6.07 Å². The quantitative estimate of drug-likeness (QED) is 0.248. The lowest BCUT2D eigenvalue weighted by molar-refractivity contribution is 0.0786. The van der Waals surface area contributed by atoms with Gasteiger partial charge in [0, 0.05) is 36.9 Å². The van der Waals surface area contributed by atoms with Gasteiger partial charge >= 0.3 is 0 Å². The zero-order chi connectivity index (χ0) is 29.1. The molecule has 9 heteroatoms. The summed E-state index contributed by atoms with van der Waals surface area (Å²) in [7, 11) is 1.68. The van der Waals surface area contributed by atoms with Crippen LogP contribution in [0.15, 0.2) is 58.0 Å². The fourth-order valence-corrected chi connectivity index (χ4v) is 5.37. The van der Waals surface area contributed by atoms with Crippen LogP contribution in [-0.4, -0.2) is 32.9 Å². The van der Waals surface area contributed by atoms with Gasteiger partial charge in [0.1, 0.15) is 34.4 Å². The number of halogens is 1. The summed E-state index contributed by atoms with van der Waals surface area (Å²) in [6.45, 7) is 8.30. The molecule has 1 aliphatic heterocycles. The first kappa shape index (κ1) is 27.0. The highest BCUT2D eigenvalue weighted by Gasteiger charge is 2.25. The molecule has 0 saturated carbocycles. The second-order valence-electron chi connectivity index (χ2n) is 11.3. The Morgan fingerprint density at radius 3 is 2.59 bits per heavy atom. The lowest BCUT2D eigenvalue weighted by Gasteiger charge is -2.21. The first-order valence-electron chi connectivity index (χ1n) is 13.6. The second kappa shape index (κ2) is 10.0. The van der Waals surface area contributed by atoms with Crippen molar-refractivity contribution in [2.75, 3.05) is 13.2 Å². The van der Waals surface area contributed by atoms with Crippen molar-refractivity contribution in [1.82, 2.24) is 14.5 Å². The number of aliphatic hydroxyl groups is 1. The maximum absolute atomic E-state index is 14.0. The summed E-state index contributed by atoms with van der Waals surface area (Å²) in [5.74, 6) is 2.16. The van der Waals surface area contributed by atoms with Crippen LogP contribution < -0.4 is 10.3 Å². The molecule has 8 nitrogen and oxygen atoms in total. The molecule has 3 aromatic heterocycles. The Kier molecular flexibility index (Phi) is 6.59. The van der Waals surface area contributed by atoms with E-state index in [1.807, 2.05) is 6.07 Å². The number of hydrogen-bond acceptors (Lipinski definition) is 6. The van der Waals surface area contributed by atoms with Gasteiger partial charge in [-0.3, -0.25) is 4.79 Å². The number of nitrogens with one attached hydrogen (secondary N) is 1. The molecule has 0 aliphatic carbocycles. The molecule has 41 heavy (non-hydrogen) atoms. The van der Waals surface area contributed by atoms with Gasteiger partial charge in [-0.15, -0.1) is 0 Å². The average Bonchev–Trinajstić information content (AvgIpc) is 3.68. The van der Waals surface area contributed by atoms with E-state index in [1.54, 1.807) is 65.3 Å². The zero-order valence-corrected chi connectivity index (χ0v) is 23.7. The van der Waals surface area contributed by atoms with Crippen molar-refractivity contribution in [1.29, 1.82) is 0 Å². The Hall–Kier alpha value is -4.21. The minimum absolute atomic E-state index is 0.194. The SMILES string of the molecule is Cc1cc(F)cc(C)c1Oc1ccc(C(C)(C)O)cc1-c1cn(C)c(=O)c2cc(-c3cnc(C4CCOC4)[nH]3)oc12. The highest BCUT2D eigenvalue weighted by Crippen LogP contribution is 2.42. The van der Waals surface area contributed by atoms with Crippen LogP contribution in [0.2, 0.25) is 0 Å². The third-order valence-corrected chi connectivity index (χ3v) is 7.64. The molecule has 0 bridgehead atoms. The molecule has 1 fully saturated rings. The molecule has 212 valence electrons. The Morgan fingerprint density at radius 1 is 1.15 bits per heavy atom. The third-order valence-electron chi connectivity index (χ3n) is 7.64. The van der Waals surface area contributed by atoms with Gasteiger partial charge < -0.3 is 28.5 Å². The maximum atomic E-state index is 14.0. The summed E-state index contributed by atoms with van der Waals surface area (Å²) in [6, 6.07) is 9.96. The number of aryl methyl sites for hydroxylation is 3. The van der Waals surface area contributed by atoms with Crippen LogP contribution in [0.1, 0.15) is 48.7 Å². The smallest absolute Gasteiger partial charge is 0.261 e. The van der Waals surface area contributed by atoms with E-state index in [2.05, 4.69) is 9.97 Å². The molecule has 1 unspecified atom stereocenters. The monoisotopic (exact) mass is 557 g/mol. The van der Waals surface area contributed by atoms with E-state index in [9.17, 15) is 14.3 Å². The van der Waals surface area contributed by atoms with Crippen molar-refractivity contribution >= 4 is 11.0 Å². The van der Waals surface area contributed by atoms with E-state index >= 15 is 0 Å². The molecule has 2 aromatic carbocycles. The number of hydrogen-bond donors (Lipinski definition) is 2.